The first-order valence-corrected chi connectivity index (χ1v) is 9.93. The molecule has 0 unspecified atom stereocenters. The van der Waals surface area contributed by atoms with Gasteiger partial charge in [-0.3, -0.25) is 14.2 Å². The Labute approximate surface area is 175 Å². The number of hydrogen-bond acceptors (Lipinski definition) is 6. The quantitative estimate of drug-likeness (QED) is 0.508. The van der Waals surface area contributed by atoms with E-state index >= 15 is 0 Å². The number of benzene rings is 2. The minimum atomic E-state index is -0.505. The van der Waals surface area contributed by atoms with E-state index in [0.29, 0.717) is 38.5 Å². The molecule has 0 aliphatic heterocycles. The van der Waals surface area contributed by atoms with Crippen molar-refractivity contribution >= 4 is 39.8 Å². The van der Waals surface area contributed by atoms with E-state index in [1.54, 1.807) is 60.8 Å². The Kier molecular flexibility index (Phi) is 5.16. The third kappa shape index (κ3) is 3.48. The number of aromatic nitrogens is 2. The fourth-order valence-corrected chi connectivity index (χ4v) is 3.93. The van der Waals surface area contributed by atoms with Crippen molar-refractivity contribution in [1.82, 2.24) is 9.55 Å². The topological polar surface area (TPSA) is 90.3 Å². The molecule has 2 aromatic heterocycles. The number of aryl methyl sites for hydroxylation is 1. The van der Waals surface area contributed by atoms with Crippen LogP contribution in [0.15, 0.2) is 64.8 Å². The van der Waals surface area contributed by atoms with Crippen LogP contribution < -0.4 is 10.9 Å². The molecule has 0 radical (unpaired) electrons. The molecule has 4 aromatic rings. The molecular weight excluding hydrogens is 402 g/mol. The van der Waals surface area contributed by atoms with Gasteiger partial charge in [0.1, 0.15) is 10.7 Å². The summed E-state index contributed by atoms with van der Waals surface area (Å²) in [4.78, 5) is 42.1. The van der Waals surface area contributed by atoms with E-state index in [-0.39, 0.29) is 11.5 Å². The second-order valence-corrected chi connectivity index (χ2v) is 7.39. The zero-order valence-corrected chi connectivity index (χ0v) is 17.0. The van der Waals surface area contributed by atoms with Crippen molar-refractivity contribution in [3.8, 4) is 5.69 Å². The first-order valence-electron chi connectivity index (χ1n) is 9.05. The van der Waals surface area contributed by atoms with E-state index in [9.17, 15) is 14.4 Å². The van der Waals surface area contributed by atoms with Crippen molar-refractivity contribution in [3.63, 3.8) is 0 Å². The van der Waals surface area contributed by atoms with Crippen LogP contribution in [0.1, 0.15) is 25.9 Å². The number of nitrogens with one attached hydrogen (secondary N) is 1. The summed E-state index contributed by atoms with van der Waals surface area (Å²) in [5, 5.41) is 4.94. The monoisotopic (exact) mass is 419 g/mol. The summed E-state index contributed by atoms with van der Waals surface area (Å²) in [7, 11) is 1.29. The van der Waals surface area contributed by atoms with Crippen molar-refractivity contribution < 1.29 is 14.3 Å². The first-order chi connectivity index (χ1) is 14.5. The number of amides is 1. The van der Waals surface area contributed by atoms with Crippen molar-refractivity contribution in [1.29, 1.82) is 0 Å². The largest absolute Gasteiger partial charge is 0.465 e. The number of para-hydroxylation sites is 1. The molecule has 0 bridgehead atoms. The number of fused-ring (bicyclic) bond motifs is 1. The number of anilines is 1. The fourth-order valence-electron chi connectivity index (χ4n) is 3.16. The van der Waals surface area contributed by atoms with Gasteiger partial charge in [0.25, 0.3) is 11.5 Å². The van der Waals surface area contributed by atoms with Gasteiger partial charge in [0.05, 0.1) is 29.4 Å². The maximum atomic E-state index is 12.9. The second kappa shape index (κ2) is 7.92. The van der Waals surface area contributed by atoms with Gasteiger partial charge in [-0.15, -0.1) is 11.3 Å². The molecule has 2 aromatic carbocycles. The lowest BCUT2D eigenvalue weighted by Gasteiger charge is -2.11. The molecule has 1 amide bonds. The van der Waals surface area contributed by atoms with Crippen LogP contribution in [0.2, 0.25) is 0 Å². The second-order valence-electron chi connectivity index (χ2n) is 6.47. The Morgan fingerprint density at radius 2 is 1.80 bits per heavy atom. The summed E-state index contributed by atoms with van der Waals surface area (Å²) in [5.74, 6) is -0.322. The first kappa shape index (κ1) is 19.5. The Hall–Kier alpha value is -3.78. The molecule has 1 N–H and O–H groups in total. The molecule has 7 nitrogen and oxygen atoms in total. The number of esters is 1. The standard InChI is InChI=1S/C22H17N3O4S/c1-13-23-17-6-4-3-5-16(17)21(27)25(13)15-9-7-14(8-10-15)20(26)24-18-11-12-30-19(18)22(28)29-2/h3-12H,1-2H3,(H,24,26). The molecule has 0 aliphatic rings. The minimum absolute atomic E-state index is 0.170. The van der Waals surface area contributed by atoms with Gasteiger partial charge in [-0.1, -0.05) is 12.1 Å². The molecule has 0 atom stereocenters. The van der Waals surface area contributed by atoms with Gasteiger partial charge in [-0.25, -0.2) is 9.78 Å². The normalized spacial score (nSPS) is 10.7. The average Bonchev–Trinajstić information content (AvgIpc) is 3.21. The number of carbonyl (C=O) groups is 2. The molecule has 4 rings (SSSR count). The maximum absolute atomic E-state index is 12.9. The lowest BCUT2D eigenvalue weighted by molar-refractivity contribution is 0.0607. The van der Waals surface area contributed by atoms with Gasteiger partial charge in [-0.2, -0.15) is 0 Å². The Morgan fingerprint density at radius 1 is 1.07 bits per heavy atom. The van der Waals surface area contributed by atoms with Crippen LogP contribution in [0.5, 0.6) is 0 Å². The van der Waals surface area contributed by atoms with E-state index in [1.807, 2.05) is 6.07 Å². The lowest BCUT2D eigenvalue weighted by atomic mass is 10.1. The highest BCUT2D eigenvalue weighted by molar-refractivity contribution is 7.12. The highest BCUT2D eigenvalue weighted by Crippen LogP contribution is 2.24. The van der Waals surface area contributed by atoms with Crippen molar-refractivity contribution in [2.75, 3.05) is 12.4 Å². The van der Waals surface area contributed by atoms with Crippen LogP contribution in [0.25, 0.3) is 16.6 Å². The van der Waals surface area contributed by atoms with Crippen molar-refractivity contribution in [2.24, 2.45) is 0 Å². The zero-order chi connectivity index (χ0) is 21.3. The van der Waals surface area contributed by atoms with Gasteiger partial charge < -0.3 is 10.1 Å². The summed E-state index contributed by atoms with van der Waals surface area (Å²) in [6.45, 7) is 1.76. The molecule has 150 valence electrons. The summed E-state index contributed by atoms with van der Waals surface area (Å²) in [6, 6.07) is 15.4. The number of thiophene rings is 1. The molecule has 0 spiro atoms. The Bertz CT molecular complexity index is 1320. The van der Waals surface area contributed by atoms with Crippen LogP contribution in [-0.4, -0.2) is 28.5 Å². The van der Waals surface area contributed by atoms with Crippen LogP contribution in [0.4, 0.5) is 5.69 Å². The third-order valence-corrected chi connectivity index (χ3v) is 5.51. The number of ether oxygens (including phenoxy) is 1. The predicted molar refractivity (Wildman–Crippen MR) is 116 cm³/mol. The van der Waals surface area contributed by atoms with Gasteiger partial charge in [-0.05, 0) is 54.8 Å². The maximum Gasteiger partial charge on any atom is 0.350 e. The summed E-state index contributed by atoms with van der Waals surface area (Å²) in [5.41, 5.74) is 1.87. The Morgan fingerprint density at radius 3 is 2.53 bits per heavy atom. The molecular formula is C22H17N3O4S. The van der Waals surface area contributed by atoms with Crippen LogP contribution in [-0.2, 0) is 4.74 Å². The van der Waals surface area contributed by atoms with Crippen LogP contribution in [0, 0.1) is 6.92 Å². The number of rotatable bonds is 4. The van der Waals surface area contributed by atoms with Crippen molar-refractivity contribution in [2.45, 2.75) is 6.92 Å². The smallest absolute Gasteiger partial charge is 0.350 e. The zero-order valence-electron chi connectivity index (χ0n) is 16.2. The molecule has 8 heteroatoms. The minimum Gasteiger partial charge on any atom is -0.465 e. The molecule has 30 heavy (non-hydrogen) atoms. The molecule has 0 aliphatic carbocycles. The van der Waals surface area contributed by atoms with Gasteiger partial charge in [0.2, 0.25) is 0 Å². The van der Waals surface area contributed by atoms with Crippen molar-refractivity contribution in [3.05, 3.63) is 86.6 Å². The summed E-state index contributed by atoms with van der Waals surface area (Å²) >= 11 is 1.19. The molecule has 0 saturated carbocycles. The number of carbonyl (C=O) groups excluding carboxylic acids is 2. The third-order valence-electron chi connectivity index (χ3n) is 4.62. The highest BCUT2D eigenvalue weighted by Gasteiger charge is 2.17. The van der Waals surface area contributed by atoms with Crippen LogP contribution >= 0.6 is 11.3 Å². The predicted octanol–water partition coefficient (Wildman–Crippen LogP) is 3.79. The molecule has 0 fully saturated rings. The van der Waals surface area contributed by atoms with Crippen LogP contribution in [0.3, 0.4) is 0 Å². The number of methoxy groups -OCH3 is 1. The van der Waals surface area contributed by atoms with Gasteiger partial charge in [0.15, 0.2) is 0 Å². The van der Waals surface area contributed by atoms with E-state index in [0.717, 1.165) is 0 Å². The van der Waals surface area contributed by atoms with E-state index in [4.69, 9.17) is 4.74 Å². The van der Waals surface area contributed by atoms with Gasteiger partial charge >= 0.3 is 5.97 Å². The Balaban J connectivity index is 1.63. The summed E-state index contributed by atoms with van der Waals surface area (Å²) in [6.07, 6.45) is 0. The van der Waals surface area contributed by atoms with E-state index < -0.39 is 5.97 Å². The number of nitrogens with zero attached hydrogens (tertiary/aromatic N) is 2. The van der Waals surface area contributed by atoms with E-state index in [1.165, 1.54) is 23.0 Å². The highest BCUT2D eigenvalue weighted by atomic mass is 32.1. The summed E-state index contributed by atoms with van der Waals surface area (Å²) < 4.78 is 6.23. The fraction of sp³-hybridized carbons (Fsp3) is 0.0909. The molecule has 0 saturated heterocycles. The molecule has 2 heterocycles. The lowest BCUT2D eigenvalue weighted by Crippen LogP contribution is -2.22. The average molecular weight is 419 g/mol. The number of hydrogen-bond donors (Lipinski definition) is 1. The van der Waals surface area contributed by atoms with E-state index in [2.05, 4.69) is 10.3 Å². The SMILES string of the molecule is COC(=O)c1sccc1NC(=O)c1ccc(-n2c(C)nc3ccccc3c2=O)cc1. The van der Waals surface area contributed by atoms with Gasteiger partial charge in [0, 0.05) is 5.56 Å².